The molecule has 0 unspecified atom stereocenters. The number of hydrogen-bond acceptors (Lipinski definition) is 8. The van der Waals surface area contributed by atoms with Crippen molar-refractivity contribution in [2.24, 2.45) is 23.7 Å². The summed E-state index contributed by atoms with van der Waals surface area (Å²) in [5.74, 6) is -5.06. The van der Waals surface area contributed by atoms with Crippen molar-refractivity contribution in [3.8, 4) is 11.5 Å². The molecule has 2 aliphatic heterocycles. The van der Waals surface area contributed by atoms with Gasteiger partial charge in [0.25, 0.3) is 11.8 Å². The van der Waals surface area contributed by atoms with Crippen molar-refractivity contribution in [1.82, 2.24) is 9.99 Å². The van der Waals surface area contributed by atoms with Crippen LogP contribution in [0.5, 0.6) is 11.5 Å². The molecule has 0 saturated carbocycles. The molecule has 1 saturated heterocycles. The van der Waals surface area contributed by atoms with Gasteiger partial charge in [-0.05, 0) is 67.7 Å². The number of hydrogen-bond donors (Lipinski definition) is 1. The van der Waals surface area contributed by atoms with Crippen LogP contribution in [0, 0.1) is 23.7 Å². The Bertz CT molecular complexity index is 1910. The first-order valence-corrected chi connectivity index (χ1v) is 14.9. The third-order valence-electron chi connectivity index (χ3n) is 9.41. The van der Waals surface area contributed by atoms with E-state index in [4.69, 9.17) is 16.3 Å². The number of allylic oxidation sites excluding steroid dienone is 7. The van der Waals surface area contributed by atoms with Gasteiger partial charge in [0.05, 0.1) is 23.1 Å². The molecule has 2 amide bonds. The molecule has 236 valence electrons. The first-order valence-electron chi connectivity index (χ1n) is 14.5. The first-order chi connectivity index (χ1) is 21.8. The van der Waals surface area contributed by atoms with Crippen molar-refractivity contribution in [3.05, 3.63) is 92.9 Å². The van der Waals surface area contributed by atoms with Crippen LogP contribution < -0.4 is 9.75 Å². The van der Waals surface area contributed by atoms with Crippen molar-refractivity contribution in [2.45, 2.75) is 32.4 Å². The summed E-state index contributed by atoms with van der Waals surface area (Å²) in [7, 11) is 1.24. The van der Waals surface area contributed by atoms with Gasteiger partial charge >= 0.3 is 6.18 Å². The molecule has 3 heterocycles. The molecule has 0 bridgehead atoms. The highest BCUT2D eigenvalue weighted by Crippen LogP contribution is 2.55. The monoisotopic (exact) mass is 651 g/mol. The summed E-state index contributed by atoms with van der Waals surface area (Å²) in [5.41, 5.74) is 1.59. The molecule has 1 aromatic heterocycles. The lowest BCUT2D eigenvalue weighted by Crippen LogP contribution is -2.46. The molecule has 3 aliphatic carbocycles. The summed E-state index contributed by atoms with van der Waals surface area (Å²) in [5, 5.41) is 11.6. The standard InChI is InChI=1S/C33H25ClF3N3O6/c1-14-9-23(42)21-12-20-18(26(28(21)29(14)43)16-10-15-11-17(41)3-7-24(15)46-13-16)4-5-19-27(20)32(45)40(31(19)44)39(2)30-22(34)6-8-25(38-30)33(35,36)37/h3-4,6-9,11,13,19-20,26-27,41H,5,10,12H2,1-2H3/t19-,20+,26-,27-/m0/s1. The number of Topliss-reactive ketones (excluding diaryl/α,β-unsaturated/α-hetero) is 1. The molecule has 2 aromatic rings. The Hall–Kier alpha value is -4.71. The summed E-state index contributed by atoms with van der Waals surface area (Å²) in [6.07, 6.45) is 0.272. The number of hydrazine groups is 1. The Balaban J connectivity index is 1.29. The van der Waals surface area contributed by atoms with Crippen LogP contribution in [0.3, 0.4) is 0 Å². The van der Waals surface area contributed by atoms with E-state index in [0.717, 1.165) is 16.1 Å². The van der Waals surface area contributed by atoms with E-state index >= 15 is 0 Å². The molecule has 13 heteroatoms. The maximum atomic E-state index is 14.2. The number of phenolic OH excluding ortho intramolecular Hbond substituents is 1. The normalized spacial score (nSPS) is 25.6. The Morgan fingerprint density at radius 1 is 1.09 bits per heavy atom. The molecule has 4 atom stereocenters. The summed E-state index contributed by atoms with van der Waals surface area (Å²) < 4.78 is 46.3. The van der Waals surface area contributed by atoms with Crippen LogP contribution in [0.2, 0.25) is 5.02 Å². The van der Waals surface area contributed by atoms with Gasteiger partial charge in [-0.2, -0.15) is 18.2 Å². The lowest BCUT2D eigenvalue weighted by Gasteiger charge is -2.43. The fraction of sp³-hybridized carbons (Fsp3) is 0.303. The number of rotatable bonds is 3. The minimum absolute atomic E-state index is 0.0256. The van der Waals surface area contributed by atoms with Crippen LogP contribution in [-0.4, -0.2) is 45.5 Å². The fourth-order valence-electron chi connectivity index (χ4n) is 7.36. The van der Waals surface area contributed by atoms with Crippen LogP contribution in [-0.2, 0) is 31.8 Å². The van der Waals surface area contributed by atoms with E-state index in [0.29, 0.717) is 34.1 Å². The van der Waals surface area contributed by atoms with Crippen LogP contribution >= 0.6 is 11.6 Å². The van der Waals surface area contributed by atoms with Crippen molar-refractivity contribution in [2.75, 3.05) is 12.1 Å². The molecule has 0 spiro atoms. The van der Waals surface area contributed by atoms with Gasteiger partial charge in [-0.25, -0.2) is 4.98 Å². The Morgan fingerprint density at radius 2 is 1.85 bits per heavy atom. The number of pyridine rings is 1. The van der Waals surface area contributed by atoms with Crippen molar-refractivity contribution in [3.63, 3.8) is 0 Å². The van der Waals surface area contributed by atoms with Gasteiger partial charge in [0, 0.05) is 41.7 Å². The van der Waals surface area contributed by atoms with Gasteiger partial charge in [-0.1, -0.05) is 23.3 Å². The summed E-state index contributed by atoms with van der Waals surface area (Å²) in [6, 6.07) is 6.38. The number of carbonyl (C=O) groups is 4. The SMILES string of the molecule is CC1=CC(=O)C2=C(C1=O)[C@@H](C1=COc3ccc(O)cc3C1)C1=CC[C@@H]3C(=O)N(N(C)c4nc(C(F)(F)F)ccc4Cl)C(=O)[C@@H]3[C@@H]1C2. The number of ether oxygens (including phenoxy) is 1. The van der Waals surface area contributed by atoms with Crippen LogP contribution in [0.1, 0.15) is 31.0 Å². The molecule has 0 radical (unpaired) electrons. The molecular formula is C33H25ClF3N3O6. The van der Waals surface area contributed by atoms with E-state index < -0.39 is 53.2 Å². The molecule has 5 aliphatic rings. The average molecular weight is 652 g/mol. The number of imide groups is 1. The van der Waals surface area contributed by atoms with Gasteiger partial charge in [-0.15, -0.1) is 0 Å². The zero-order chi connectivity index (χ0) is 32.8. The molecular weight excluding hydrogens is 627 g/mol. The zero-order valence-electron chi connectivity index (χ0n) is 24.4. The smallest absolute Gasteiger partial charge is 0.433 e. The third-order valence-corrected chi connectivity index (χ3v) is 9.71. The van der Waals surface area contributed by atoms with E-state index in [1.807, 2.05) is 6.08 Å². The second-order valence-electron chi connectivity index (χ2n) is 12.0. The lowest BCUT2D eigenvalue weighted by atomic mass is 9.58. The minimum atomic E-state index is -4.79. The topological polar surface area (TPSA) is 117 Å². The highest BCUT2D eigenvalue weighted by Gasteiger charge is 2.58. The quantitative estimate of drug-likeness (QED) is 0.270. The molecule has 1 fully saturated rings. The third kappa shape index (κ3) is 4.49. The fourth-order valence-corrected chi connectivity index (χ4v) is 7.59. The molecule has 9 nitrogen and oxygen atoms in total. The van der Waals surface area contributed by atoms with E-state index in [9.17, 15) is 37.5 Å². The number of alkyl halides is 3. The number of fused-ring (bicyclic) bond motifs is 4. The van der Waals surface area contributed by atoms with Crippen LogP contribution in [0.15, 0.2) is 76.6 Å². The van der Waals surface area contributed by atoms with E-state index in [2.05, 4.69) is 4.98 Å². The molecule has 7 rings (SSSR count). The summed E-state index contributed by atoms with van der Waals surface area (Å²) >= 11 is 6.20. The first kappa shape index (κ1) is 30.0. The number of anilines is 1. The number of halogens is 4. The number of benzene rings is 1. The van der Waals surface area contributed by atoms with Crippen molar-refractivity contribution < 1.29 is 42.2 Å². The molecule has 1 N–H and O–H groups in total. The largest absolute Gasteiger partial charge is 0.508 e. The maximum absolute atomic E-state index is 14.2. The predicted molar refractivity (Wildman–Crippen MR) is 157 cm³/mol. The van der Waals surface area contributed by atoms with Gasteiger partial charge in [-0.3, -0.25) is 24.2 Å². The van der Waals surface area contributed by atoms with Crippen LogP contribution in [0.25, 0.3) is 0 Å². The summed E-state index contributed by atoms with van der Waals surface area (Å²) in [6.45, 7) is 1.57. The van der Waals surface area contributed by atoms with Gasteiger partial charge in [0.1, 0.15) is 17.2 Å². The Kier molecular flexibility index (Phi) is 6.78. The second kappa shape index (κ2) is 10.4. The number of nitrogens with zero attached hydrogens (tertiary/aromatic N) is 3. The number of aromatic hydroxyl groups is 1. The average Bonchev–Trinajstić information content (AvgIpc) is 3.27. The summed E-state index contributed by atoms with van der Waals surface area (Å²) in [4.78, 5) is 58.6. The second-order valence-corrected chi connectivity index (χ2v) is 12.4. The Morgan fingerprint density at radius 3 is 2.59 bits per heavy atom. The highest BCUT2D eigenvalue weighted by atomic mass is 35.5. The maximum Gasteiger partial charge on any atom is 0.433 e. The van der Waals surface area contributed by atoms with E-state index in [1.165, 1.54) is 25.5 Å². The number of ketones is 2. The van der Waals surface area contributed by atoms with E-state index in [-0.39, 0.29) is 52.7 Å². The van der Waals surface area contributed by atoms with Crippen molar-refractivity contribution >= 4 is 40.8 Å². The van der Waals surface area contributed by atoms with Crippen LogP contribution in [0.4, 0.5) is 19.0 Å². The number of phenols is 1. The number of aromatic nitrogens is 1. The van der Waals surface area contributed by atoms with E-state index in [1.54, 1.807) is 19.1 Å². The zero-order valence-corrected chi connectivity index (χ0v) is 25.1. The van der Waals surface area contributed by atoms with Gasteiger partial charge < -0.3 is 9.84 Å². The molecule has 1 aromatic carbocycles. The van der Waals surface area contributed by atoms with Gasteiger partial charge in [0.15, 0.2) is 17.4 Å². The van der Waals surface area contributed by atoms with Gasteiger partial charge in [0.2, 0.25) is 0 Å². The number of amides is 2. The lowest BCUT2D eigenvalue weighted by molar-refractivity contribution is -0.141. The van der Waals surface area contributed by atoms with Crippen molar-refractivity contribution in [1.29, 1.82) is 0 Å². The minimum Gasteiger partial charge on any atom is -0.508 e. The highest BCUT2D eigenvalue weighted by molar-refractivity contribution is 6.33. The predicted octanol–water partition coefficient (Wildman–Crippen LogP) is 5.29. The number of carbonyl (C=O) groups excluding carboxylic acids is 4. The molecule has 46 heavy (non-hydrogen) atoms. The Labute approximate surface area is 265 Å².